The van der Waals surface area contributed by atoms with E-state index in [4.69, 9.17) is 27.9 Å². The Morgan fingerprint density at radius 3 is 2.76 bits per heavy atom. The molecular formula is C15H18Cl2N2O2. The molecule has 0 aromatic heterocycles. The van der Waals surface area contributed by atoms with Gasteiger partial charge in [-0.05, 0) is 30.5 Å². The number of hydrogen-bond acceptors (Lipinski definition) is 3. The van der Waals surface area contributed by atoms with E-state index in [0.717, 1.165) is 24.9 Å². The molecule has 2 fully saturated rings. The van der Waals surface area contributed by atoms with Crippen LogP contribution in [0.4, 0.5) is 0 Å². The van der Waals surface area contributed by atoms with E-state index in [1.165, 1.54) is 0 Å². The molecule has 1 amide bonds. The first-order valence-corrected chi connectivity index (χ1v) is 7.97. The van der Waals surface area contributed by atoms with Crippen LogP contribution in [0.5, 0.6) is 0 Å². The Bertz CT molecular complexity index is 528. The van der Waals surface area contributed by atoms with Gasteiger partial charge in [0, 0.05) is 25.7 Å². The summed E-state index contributed by atoms with van der Waals surface area (Å²) in [5.74, 6) is 0.0655. The average Bonchev–Trinajstić information content (AvgIpc) is 3.33. The highest BCUT2D eigenvalue weighted by Crippen LogP contribution is 2.30. The number of nitrogens with zero attached hydrogens (tertiary/aromatic N) is 1. The lowest BCUT2D eigenvalue weighted by Crippen LogP contribution is -2.49. The molecule has 114 valence electrons. The lowest BCUT2D eigenvalue weighted by Gasteiger charge is -2.30. The van der Waals surface area contributed by atoms with Crippen molar-refractivity contribution in [1.82, 2.24) is 10.2 Å². The van der Waals surface area contributed by atoms with E-state index in [2.05, 4.69) is 5.32 Å². The molecule has 0 radical (unpaired) electrons. The van der Waals surface area contributed by atoms with Crippen LogP contribution in [-0.4, -0.2) is 42.6 Å². The zero-order valence-electron chi connectivity index (χ0n) is 11.6. The number of benzene rings is 1. The summed E-state index contributed by atoms with van der Waals surface area (Å²) in [4.78, 5) is 14.6. The molecule has 1 heterocycles. The third-order valence-electron chi connectivity index (χ3n) is 3.81. The van der Waals surface area contributed by atoms with Crippen LogP contribution in [0.3, 0.4) is 0 Å². The van der Waals surface area contributed by atoms with Gasteiger partial charge in [0.1, 0.15) is 6.10 Å². The number of morpholine rings is 1. The standard InChI is InChI=1S/C15H18Cl2N2O2/c16-12-4-1-10(7-13(12)17)9-19(11-2-3-11)15(20)14-8-18-5-6-21-14/h1,4,7,11,14,18H,2-3,5-6,8-9H2. The van der Waals surface area contributed by atoms with Crippen LogP contribution < -0.4 is 5.32 Å². The van der Waals surface area contributed by atoms with Crippen molar-refractivity contribution >= 4 is 29.1 Å². The van der Waals surface area contributed by atoms with Crippen molar-refractivity contribution in [3.05, 3.63) is 33.8 Å². The van der Waals surface area contributed by atoms with E-state index in [0.29, 0.717) is 35.8 Å². The summed E-state index contributed by atoms with van der Waals surface area (Å²) in [5, 5.41) is 4.25. The Hall–Kier alpha value is -0.810. The van der Waals surface area contributed by atoms with Crippen molar-refractivity contribution in [1.29, 1.82) is 0 Å². The largest absolute Gasteiger partial charge is 0.366 e. The topological polar surface area (TPSA) is 41.6 Å². The van der Waals surface area contributed by atoms with Crippen LogP contribution in [-0.2, 0) is 16.1 Å². The fraction of sp³-hybridized carbons (Fsp3) is 0.533. The number of carbonyl (C=O) groups is 1. The van der Waals surface area contributed by atoms with Gasteiger partial charge in [0.2, 0.25) is 0 Å². The first kappa shape index (κ1) is 15.1. The maximum atomic E-state index is 12.6. The average molecular weight is 329 g/mol. The maximum Gasteiger partial charge on any atom is 0.253 e. The number of ether oxygens (including phenoxy) is 1. The van der Waals surface area contributed by atoms with Gasteiger partial charge in [-0.15, -0.1) is 0 Å². The van der Waals surface area contributed by atoms with Gasteiger partial charge >= 0.3 is 0 Å². The van der Waals surface area contributed by atoms with Crippen LogP contribution >= 0.6 is 23.2 Å². The first-order chi connectivity index (χ1) is 10.1. The summed E-state index contributed by atoms with van der Waals surface area (Å²) in [6.07, 6.45) is 1.75. The van der Waals surface area contributed by atoms with Gasteiger partial charge < -0.3 is 15.0 Å². The molecule has 1 aliphatic carbocycles. The molecule has 2 aliphatic rings. The number of amides is 1. The lowest BCUT2D eigenvalue weighted by molar-refractivity contribution is -0.146. The molecule has 21 heavy (non-hydrogen) atoms. The summed E-state index contributed by atoms with van der Waals surface area (Å²) in [7, 11) is 0. The van der Waals surface area contributed by atoms with Gasteiger partial charge in [0.25, 0.3) is 5.91 Å². The molecule has 1 unspecified atom stereocenters. The maximum absolute atomic E-state index is 12.6. The first-order valence-electron chi connectivity index (χ1n) is 7.22. The Balaban J connectivity index is 1.71. The van der Waals surface area contributed by atoms with Crippen LogP contribution in [0.1, 0.15) is 18.4 Å². The van der Waals surface area contributed by atoms with Gasteiger partial charge in [0.05, 0.1) is 16.7 Å². The monoisotopic (exact) mass is 328 g/mol. The number of nitrogens with one attached hydrogen (secondary N) is 1. The highest BCUT2D eigenvalue weighted by Gasteiger charge is 2.36. The highest BCUT2D eigenvalue weighted by atomic mass is 35.5. The third-order valence-corrected chi connectivity index (χ3v) is 4.55. The van der Waals surface area contributed by atoms with E-state index in [1.807, 2.05) is 17.0 Å². The number of hydrogen-bond donors (Lipinski definition) is 1. The van der Waals surface area contributed by atoms with Crippen molar-refractivity contribution in [2.24, 2.45) is 0 Å². The normalized spacial score (nSPS) is 22.1. The van der Waals surface area contributed by atoms with Crippen molar-refractivity contribution in [2.75, 3.05) is 19.7 Å². The molecule has 6 heteroatoms. The Labute approximate surface area is 134 Å². The molecule has 0 bridgehead atoms. The summed E-state index contributed by atoms with van der Waals surface area (Å²) in [6, 6.07) is 5.84. The van der Waals surface area contributed by atoms with E-state index in [1.54, 1.807) is 6.07 Å². The second-order valence-corrected chi connectivity index (χ2v) is 6.32. The Morgan fingerprint density at radius 2 is 2.14 bits per heavy atom. The van der Waals surface area contributed by atoms with Gasteiger partial charge in [-0.3, -0.25) is 4.79 Å². The minimum Gasteiger partial charge on any atom is -0.366 e. The Kier molecular flexibility index (Phi) is 4.69. The number of rotatable bonds is 4. The number of halogens is 2. The highest BCUT2D eigenvalue weighted by molar-refractivity contribution is 6.42. The van der Waals surface area contributed by atoms with E-state index in [-0.39, 0.29) is 12.0 Å². The molecule has 4 nitrogen and oxygen atoms in total. The van der Waals surface area contributed by atoms with E-state index < -0.39 is 0 Å². The fourth-order valence-electron chi connectivity index (χ4n) is 2.52. The summed E-state index contributed by atoms with van der Waals surface area (Å²) < 4.78 is 5.58. The summed E-state index contributed by atoms with van der Waals surface area (Å²) in [6.45, 7) is 2.53. The second kappa shape index (κ2) is 6.53. The van der Waals surface area contributed by atoms with E-state index in [9.17, 15) is 4.79 Å². The molecule has 1 aromatic carbocycles. The predicted octanol–water partition coefficient (Wildman–Crippen LogP) is 2.47. The molecule has 1 aliphatic heterocycles. The minimum absolute atomic E-state index is 0.0655. The van der Waals surface area contributed by atoms with Crippen molar-refractivity contribution in [3.8, 4) is 0 Å². The molecule has 0 spiro atoms. The lowest BCUT2D eigenvalue weighted by atomic mass is 10.2. The SMILES string of the molecule is O=C(C1CNCCO1)N(Cc1ccc(Cl)c(Cl)c1)C1CC1. The predicted molar refractivity (Wildman–Crippen MR) is 82.6 cm³/mol. The second-order valence-electron chi connectivity index (χ2n) is 5.51. The van der Waals surface area contributed by atoms with Crippen molar-refractivity contribution in [2.45, 2.75) is 31.5 Å². The molecule has 1 aromatic rings. The smallest absolute Gasteiger partial charge is 0.253 e. The van der Waals surface area contributed by atoms with Crippen LogP contribution in [0.15, 0.2) is 18.2 Å². The summed E-state index contributed by atoms with van der Waals surface area (Å²) in [5.41, 5.74) is 0.994. The van der Waals surface area contributed by atoms with Gasteiger partial charge in [-0.2, -0.15) is 0 Å². The quantitative estimate of drug-likeness (QED) is 0.923. The molecule has 3 rings (SSSR count). The minimum atomic E-state index is -0.373. The number of carbonyl (C=O) groups excluding carboxylic acids is 1. The summed E-state index contributed by atoms with van der Waals surface area (Å²) >= 11 is 12.0. The van der Waals surface area contributed by atoms with Gasteiger partial charge in [0.15, 0.2) is 0 Å². The zero-order valence-corrected chi connectivity index (χ0v) is 13.2. The van der Waals surface area contributed by atoms with Crippen molar-refractivity contribution in [3.63, 3.8) is 0 Å². The van der Waals surface area contributed by atoms with Crippen LogP contribution in [0, 0.1) is 0 Å². The molecular weight excluding hydrogens is 311 g/mol. The molecule has 1 saturated heterocycles. The van der Waals surface area contributed by atoms with Crippen LogP contribution in [0.25, 0.3) is 0 Å². The molecule has 1 atom stereocenters. The van der Waals surface area contributed by atoms with Gasteiger partial charge in [-0.1, -0.05) is 29.3 Å². The molecule has 1 saturated carbocycles. The zero-order chi connectivity index (χ0) is 14.8. The fourth-order valence-corrected chi connectivity index (χ4v) is 2.84. The van der Waals surface area contributed by atoms with E-state index >= 15 is 0 Å². The Morgan fingerprint density at radius 1 is 1.33 bits per heavy atom. The van der Waals surface area contributed by atoms with Gasteiger partial charge in [-0.25, -0.2) is 0 Å². The van der Waals surface area contributed by atoms with Crippen molar-refractivity contribution < 1.29 is 9.53 Å². The van der Waals surface area contributed by atoms with Crippen LogP contribution in [0.2, 0.25) is 10.0 Å². The molecule has 1 N–H and O–H groups in total. The third kappa shape index (κ3) is 3.69.